The van der Waals surface area contributed by atoms with Gasteiger partial charge in [-0.1, -0.05) is 26.8 Å². The van der Waals surface area contributed by atoms with E-state index in [0.717, 1.165) is 29.7 Å². The molecular formula is C21H20N4O. The van der Waals surface area contributed by atoms with Crippen LogP contribution in [0.5, 0.6) is 0 Å². The predicted molar refractivity (Wildman–Crippen MR) is 96.9 cm³/mol. The molecule has 0 bridgehead atoms. The SMILES string of the molecule is CC1(C)C(=O)C(C#N)=CC2(C)c3nc(-c4ccncc4)ncc3CCC12. The zero-order valence-electron chi connectivity index (χ0n) is 15.2. The standard InChI is InChI=1S/C21H20N4O/c1-20(2)16-5-4-14-12-24-19(13-6-8-23-9-7-13)25-17(14)21(16,3)10-15(11-22)18(20)26/h6-10,12,16H,4-5H2,1-3H3. The maximum Gasteiger partial charge on any atom is 0.178 e. The number of ketones is 1. The smallest absolute Gasteiger partial charge is 0.178 e. The van der Waals surface area contributed by atoms with Gasteiger partial charge in [0.25, 0.3) is 0 Å². The van der Waals surface area contributed by atoms with Gasteiger partial charge in [0, 0.05) is 35.0 Å². The van der Waals surface area contributed by atoms with Crippen molar-refractivity contribution in [1.29, 1.82) is 5.26 Å². The van der Waals surface area contributed by atoms with Gasteiger partial charge >= 0.3 is 0 Å². The maximum absolute atomic E-state index is 12.7. The third-order valence-corrected chi connectivity index (χ3v) is 6.01. The molecule has 5 heteroatoms. The van der Waals surface area contributed by atoms with Crippen LogP contribution in [0.3, 0.4) is 0 Å². The molecule has 0 saturated heterocycles. The number of allylic oxidation sites excluding steroid dienone is 2. The van der Waals surface area contributed by atoms with Gasteiger partial charge in [0.2, 0.25) is 0 Å². The first-order valence-corrected chi connectivity index (χ1v) is 8.82. The number of hydrogen-bond donors (Lipinski definition) is 0. The summed E-state index contributed by atoms with van der Waals surface area (Å²) < 4.78 is 0. The Bertz CT molecular complexity index is 971. The third-order valence-electron chi connectivity index (χ3n) is 6.01. The van der Waals surface area contributed by atoms with E-state index in [1.54, 1.807) is 12.4 Å². The molecule has 2 aliphatic rings. The summed E-state index contributed by atoms with van der Waals surface area (Å²) in [4.78, 5) is 26.2. The Labute approximate surface area is 152 Å². The lowest BCUT2D eigenvalue weighted by atomic mass is 9.52. The summed E-state index contributed by atoms with van der Waals surface area (Å²) in [7, 11) is 0. The Kier molecular flexibility index (Phi) is 3.55. The average molecular weight is 344 g/mol. The van der Waals surface area contributed by atoms with Gasteiger partial charge in [0.15, 0.2) is 11.6 Å². The minimum Gasteiger partial charge on any atom is -0.293 e. The molecule has 0 spiro atoms. The summed E-state index contributed by atoms with van der Waals surface area (Å²) in [6.45, 7) is 6.02. The van der Waals surface area contributed by atoms with Gasteiger partial charge in [-0.15, -0.1) is 0 Å². The highest BCUT2D eigenvalue weighted by Gasteiger charge is 2.54. The monoisotopic (exact) mass is 344 g/mol. The van der Waals surface area contributed by atoms with Crippen LogP contribution in [-0.2, 0) is 16.6 Å². The highest BCUT2D eigenvalue weighted by Crippen LogP contribution is 2.54. The van der Waals surface area contributed by atoms with E-state index in [1.165, 1.54) is 0 Å². The first-order chi connectivity index (χ1) is 12.4. The fourth-order valence-corrected chi connectivity index (χ4v) is 4.69. The lowest BCUT2D eigenvalue weighted by Gasteiger charge is -2.50. The number of rotatable bonds is 1. The molecule has 0 saturated carbocycles. The highest BCUT2D eigenvalue weighted by molar-refractivity contribution is 6.04. The van der Waals surface area contributed by atoms with E-state index in [4.69, 9.17) is 4.98 Å². The minimum absolute atomic E-state index is 0.0608. The van der Waals surface area contributed by atoms with E-state index in [2.05, 4.69) is 23.0 Å². The molecule has 2 heterocycles. The predicted octanol–water partition coefficient (Wildman–Crippen LogP) is 3.42. The Morgan fingerprint density at radius 2 is 1.96 bits per heavy atom. The van der Waals surface area contributed by atoms with Gasteiger partial charge in [-0.2, -0.15) is 5.26 Å². The van der Waals surface area contributed by atoms with E-state index in [9.17, 15) is 10.1 Å². The second kappa shape index (κ2) is 5.57. The number of carbonyl (C=O) groups is 1. The number of Topliss-reactive ketones (excluding diaryl/α,β-unsaturated/α-hetero) is 1. The van der Waals surface area contributed by atoms with Crippen LogP contribution in [0.1, 0.15) is 38.4 Å². The topological polar surface area (TPSA) is 79.5 Å². The Morgan fingerprint density at radius 3 is 2.65 bits per heavy atom. The van der Waals surface area contributed by atoms with Gasteiger partial charge in [0.1, 0.15) is 6.07 Å². The van der Waals surface area contributed by atoms with Crippen LogP contribution >= 0.6 is 0 Å². The summed E-state index contributed by atoms with van der Waals surface area (Å²) in [5.74, 6) is 0.691. The molecular weight excluding hydrogens is 324 g/mol. The number of aromatic nitrogens is 3. The van der Waals surface area contributed by atoms with Crippen molar-refractivity contribution < 1.29 is 4.79 Å². The third kappa shape index (κ3) is 2.22. The Balaban J connectivity index is 1.94. The normalized spacial score (nSPS) is 26.3. The van der Waals surface area contributed by atoms with Crippen molar-refractivity contribution in [3.8, 4) is 17.5 Å². The van der Waals surface area contributed by atoms with Crippen LogP contribution in [0.15, 0.2) is 42.4 Å². The average Bonchev–Trinajstić information content (AvgIpc) is 2.65. The quantitative estimate of drug-likeness (QED) is 0.792. The molecule has 0 fully saturated rings. The van der Waals surface area contributed by atoms with Gasteiger partial charge in [0.05, 0.1) is 11.3 Å². The summed E-state index contributed by atoms with van der Waals surface area (Å²) in [5, 5.41) is 9.50. The van der Waals surface area contributed by atoms with Crippen molar-refractivity contribution in [2.75, 3.05) is 0 Å². The van der Waals surface area contributed by atoms with Crippen molar-refractivity contribution >= 4 is 5.78 Å². The van der Waals surface area contributed by atoms with Crippen molar-refractivity contribution in [2.24, 2.45) is 11.3 Å². The van der Waals surface area contributed by atoms with Crippen LogP contribution in [0.25, 0.3) is 11.4 Å². The lowest BCUT2D eigenvalue weighted by Crippen LogP contribution is -2.51. The Hall–Kier alpha value is -2.87. The fraction of sp³-hybridized carbons (Fsp3) is 0.381. The van der Waals surface area contributed by atoms with E-state index in [-0.39, 0.29) is 17.3 Å². The van der Waals surface area contributed by atoms with Crippen LogP contribution in [-0.4, -0.2) is 20.7 Å². The van der Waals surface area contributed by atoms with E-state index in [1.807, 2.05) is 38.3 Å². The second-order valence-corrected chi connectivity index (χ2v) is 7.90. The number of hydrogen-bond acceptors (Lipinski definition) is 5. The first-order valence-electron chi connectivity index (χ1n) is 8.82. The molecule has 130 valence electrons. The number of carbonyl (C=O) groups excluding carboxylic acids is 1. The number of nitrogens with zero attached hydrogens (tertiary/aromatic N) is 4. The first kappa shape index (κ1) is 16.6. The van der Waals surface area contributed by atoms with Crippen LogP contribution in [0.4, 0.5) is 0 Å². The van der Waals surface area contributed by atoms with Crippen molar-refractivity contribution in [3.05, 3.63) is 53.6 Å². The molecule has 2 unspecified atom stereocenters. The van der Waals surface area contributed by atoms with Gasteiger partial charge in [-0.25, -0.2) is 9.97 Å². The molecule has 4 rings (SSSR count). The molecule has 2 atom stereocenters. The summed E-state index contributed by atoms with van der Waals surface area (Å²) in [6.07, 6.45) is 8.90. The molecule has 0 aliphatic heterocycles. The second-order valence-electron chi connectivity index (χ2n) is 7.90. The van der Waals surface area contributed by atoms with Crippen LogP contribution < -0.4 is 0 Å². The van der Waals surface area contributed by atoms with Crippen LogP contribution in [0, 0.1) is 22.7 Å². The van der Waals surface area contributed by atoms with Crippen molar-refractivity contribution in [2.45, 2.75) is 39.0 Å². The number of pyridine rings is 1. The molecule has 0 radical (unpaired) electrons. The van der Waals surface area contributed by atoms with E-state index in [0.29, 0.717) is 5.82 Å². The molecule has 2 aromatic heterocycles. The molecule has 0 N–H and O–H groups in total. The fourth-order valence-electron chi connectivity index (χ4n) is 4.69. The highest BCUT2D eigenvalue weighted by atomic mass is 16.1. The van der Waals surface area contributed by atoms with Crippen molar-refractivity contribution in [1.82, 2.24) is 15.0 Å². The molecule has 0 aromatic carbocycles. The molecule has 2 aromatic rings. The Morgan fingerprint density at radius 1 is 1.23 bits per heavy atom. The molecule has 2 aliphatic carbocycles. The lowest BCUT2D eigenvalue weighted by molar-refractivity contribution is -0.128. The number of nitriles is 1. The molecule has 0 amide bonds. The maximum atomic E-state index is 12.7. The van der Waals surface area contributed by atoms with E-state index >= 15 is 0 Å². The van der Waals surface area contributed by atoms with Gasteiger partial charge in [-0.3, -0.25) is 9.78 Å². The number of fused-ring (bicyclic) bond motifs is 3. The summed E-state index contributed by atoms with van der Waals surface area (Å²) in [6, 6.07) is 5.87. The van der Waals surface area contributed by atoms with Crippen molar-refractivity contribution in [3.63, 3.8) is 0 Å². The number of aryl methyl sites for hydroxylation is 1. The molecule has 26 heavy (non-hydrogen) atoms. The zero-order valence-corrected chi connectivity index (χ0v) is 15.2. The van der Waals surface area contributed by atoms with Gasteiger partial charge < -0.3 is 0 Å². The summed E-state index contributed by atoms with van der Waals surface area (Å²) >= 11 is 0. The minimum atomic E-state index is -0.589. The largest absolute Gasteiger partial charge is 0.293 e. The molecule has 5 nitrogen and oxygen atoms in total. The van der Waals surface area contributed by atoms with Crippen LogP contribution in [0.2, 0.25) is 0 Å². The zero-order chi connectivity index (χ0) is 18.5. The summed E-state index contributed by atoms with van der Waals surface area (Å²) in [5.41, 5.74) is 2.13. The van der Waals surface area contributed by atoms with Gasteiger partial charge in [-0.05, 0) is 36.5 Å². The van der Waals surface area contributed by atoms with E-state index < -0.39 is 10.8 Å².